The van der Waals surface area contributed by atoms with E-state index in [2.05, 4.69) is 13.8 Å². The molecule has 0 aliphatic rings. The number of imidazole rings is 1. The number of para-hydroxylation sites is 1. The zero-order valence-electron chi connectivity index (χ0n) is 18.9. The van der Waals surface area contributed by atoms with Gasteiger partial charge in [0.15, 0.2) is 0 Å². The lowest BCUT2D eigenvalue weighted by Gasteiger charge is -2.10. The Morgan fingerprint density at radius 2 is 1.58 bits per heavy atom. The summed E-state index contributed by atoms with van der Waals surface area (Å²) >= 11 is 0. The van der Waals surface area contributed by atoms with Gasteiger partial charge >= 0.3 is 11.7 Å². The molecule has 4 rings (SSSR count). The number of nitrogens with zero attached hydrogens (tertiary/aromatic N) is 2. The van der Waals surface area contributed by atoms with Crippen LogP contribution in [0.2, 0.25) is 0 Å². The van der Waals surface area contributed by atoms with Crippen LogP contribution in [0.1, 0.15) is 41.9 Å². The Bertz CT molecular complexity index is 1300. The molecule has 1 aromatic heterocycles. The van der Waals surface area contributed by atoms with E-state index < -0.39 is 5.97 Å². The van der Waals surface area contributed by atoms with Crippen molar-refractivity contribution in [2.45, 2.75) is 33.2 Å². The van der Waals surface area contributed by atoms with Crippen molar-refractivity contribution in [2.24, 2.45) is 5.92 Å². The van der Waals surface area contributed by atoms with E-state index in [1.807, 2.05) is 77.5 Å². The van der Waals surface area contributed by atoms with Gasteiger partial charge in [0.05, 0.1) is 17.8 Å². The average Bonchev–Trinajstić information content (AvgIpc) is 3.14. The first-order chi connectivity index (χ1) is 15.9. The Labute approximate surface area is 193 Å². The smallest absolute Gasteiger partial charge is 0.336 e. The first-order valence-electron chi connectivity index (χ1n) is 11.2. The van der Waals surface area contributed by atoms with Crippen molar-refractivity contribution >= 4 is 5.97 Å². The van der Waals surface area contributed by atoms with Gasteiger partial charge in [0.2, 0.25) is 0 Å². The van der Waals surface area contributed by atoms with Crippen molar-refractivity contribution in [3.63, 3.8) is 0 Å². The fourth-order valence-corrected chi connectivity index (χ4v) is 4.00. The molecule has 0 saturated heterocycles. The third-order valence-corrected chi connectivity index (χ3v) is 5.84. The average molecular weight is 441 g/mol. The Hall–Kier alpha value is -3.86. The maximum absolute atomic E-state index is 13.3. The van der Waals surface area contributed by atoms with Gasteiger partial charge in [-0.3, -0.25) is 9.13 Å². The number of benzene rings is 3. The molecule has 0 aliphatic heterocycles. The van der Waals surface area contributed by atoms with Crippen molar-refractivity contribution in [1.82, 2.24) is 9.13 Å². The molecule has 5 nitrogen and oxygen atoms in total. The lowest BCUT2D eigenvalue weighted by molar-refractivity contribution is 0.0697. The standard InChI is InChI=1S/C28H28N2O3/c1-20(2)12-17-24-19-30(23-8-4-3-5-9-23)28(33)29(24)18-21-13-15-22(16-14-21)25-10-6-7-11-26(25)27(31)32/h3-11,13-16,19-20H,12,17-18H2,1-2H3,(H,31,32). The summed E-state index contributed by atoms with van der Waals surface area (Å²) in [6.07, 6.45) is 3.79. The van der Waals surface area contributed by atoms with Gasteiger partial charge in [-0.2, -0.15) is 0 Å². The number of hydrogen-bond donors (Lipinski definition) is 1. The number of carbonyl (C=O) groups is 1. The summed E-state index contributed by atoms with van der Waals surface area (Å²) in [6.45, 7) is 4.83. The van der Waals surface area contributed by atoms with Gasteiger partial charge in [-0.1, -0.05) is 74.5 Å². The molecule has 3 aromatic carbocycles. The van der Waals surface area contributed by atoms with Crippen LogP contribution in [0.25, 0.3) is 16.8 Å². The van der Waals surface area contributed by atoms with Crippen LogP contribution in [0, 0.1) is 5.92 Å². The monoisotopic (exact) mass is 440 g/mol. The molecular formula is C28H28N2O3. The summed E-state index contributed by atoms with van der Waals surface area (Å²) in [5.74, 6) is -0.402. The van der Waals surface area contributed by atoms with Gasteiger partial charge in [-0.15, -0.1) is 0 Å². The lowest BCUT2D eigenvalue weighted by Crippen LogP contribution is -2.24. The van der Waals surface area contributed by atoms with Crippen LogP contribution in [-0.4, -0.2) is 20.2 Å². The number of carboxylic acid groups (broad SMARTS) is 1. The zero-order valence-corrected chi connectivity index (χ0v) is 18.9. The molecule has 0 aliphatic carbocycles. The number of aromatic nitrogens is 2. The second-order valence-corrected chi connectivity index (χ2v) is 8.67. The third kappa shape index (κ3) is 4.98. The maximum atomic E-state index is 13.3. The van der Waals surface area contributed by atoms with E-state index in [0.29, 0.717) is 18.0 Å². The molecule has 1 N–H and O–H groups in total. The minimum absolute atomic E-state index is 0.0553. The highest BCUT2D eigenvalue weighted by Gasteiger charge is 2.15. The maximum Gasteiger partial charge on any atom is 0.336 e. The van der Waals surface area contributed by atoms with Crippen LogP contribution in [0.3, 0.4) is 0 Å². The summed E-state index contributed by atoms with van der Waals surface area (Å²) < 4.78 is 3.56. The van der Waals surface area contributed by atoms with Crippen LogP contribution in [0.15, 0.2) is 89.9 Å². The molecule has 1 heterocycles. The van der Waals surface area contributed by atoms with Gasteiger partial charge in [0.25, 0.3) is 0 Å². The van der Waals surface area contributed by atoms with Gasteiger partial charge in [-0.05, 0) is 53.6 Å². The summed E-state index contributed by atoms with van der Waals surface area (Å²) in [6, 6.07) is 24.4. The zero-order chi connectivity index (χ0) is 23.4. The second kappa shape index (κ2) is 9.74. The van der Waals surface area contributed by atoms with E-state index >= 15 is 0 Å². The van der Waals surface area contributed by atoms with Crippen LogP contribution in [0.5, 0.6) is 0 Å². The van der Waals surface area contributed by atoms with E-state index in [1.54, 1.807) is 16.7 Å². The van der Waals surface area contributed by atoms with Crippen LogP contribution in [0.4, 0.5) is 0 Å². The van der Waals surface area contributed by atoms with E-state index in [1.165, 1.54) is 0 Å². The Balaban J connectivity index is 1.66. The minimum atomic E-state index is -0.946. The van der Waals surface area contributed by atoms with E-state index in [-0.39, 0.29) is 11.3 Å². The quantitative estimate of drug-likeness (QED) is 0.386. The molecule has 0 bridgehead atoms. The van der Waals surface area contributed by atoms with Crippen molar-refractivity contribution in [3.8, 4) is 16.8 Å². The van der Waals surface area contributed by atoms with Crippen LogP contribution >= 0.6 is 0 Å². The molecule has 0 atom stereocenters. The predicted molar refractivity (Wildman–Crippen MR) is 131 cm³/mol. The van der Waals surface area contributed by atoms with Gasteiger partial charge in [-0.25, -0.2) is 9.59 Å². The van der Waals surface area contributed by atoms with E-state index in [9.17, 15) is 14.7 Å². The molecule has 33 heavy (non-hydrogen) atoms. The van der Waals surface area contributed by atoms with Gasteiger partial charge < -0.3 is 5.11 Å². The van der Waals surface area contributed by atoms with Crippen molar-refractivity contribution in [1.29, 1.82) is 0 Å². The van der Waals surface area contributed by atoms with Crippen molar-refractivity contribution < 1.29 is 9.90 Å². The van der Waals surface area contributed by atoms with E-state index in [0.717, 1.165) is 35.3 Å². The van der Waals surface area contributed by atoms with E-state index in [4.69, 9.17) is 0 Å². The van der Waals surface area contributed by atoms with Gasteiger partial charge in [0.1, 0.15) is 0 Å². The largest absolute Gasteiger partial charge is 0.478 e. The SMILES string of the molecule is CC(C)CCc1cn(-c2ccccc2)c(=O)n1Cc1ccc(-c2ccccc2C(=O)O)cc1. The summed E-state index contributed by atoms with van der Waals surface area (Å²) in [4.78, 5) is 24.9. The molecule has 4 aromatic rings. The topological polar surface area (TPSA) is 64.2 Å². The number of carboxylic acids is 1. The highest BCUT2D eigenvalue weighted by molar-refractivity contribution is 5.95. The Morgan fingerprint density at radius 3 is 2.24 bits per heavy atom. The van der Waals surface area contributed by atoms with Crippen LogP contribution < -0.4 is 5.69 Å². The lowest BCUT2D eigenvalue weighted by atomic mass is 9.98. The second-order valence-electron chi connectivity index (χ2n) is 8.67. The number of hydrogen-bond acceptors (Lipinski definition) is 2. The number of aromatic carboxylic acids is 1. The molecule has 0 fully saturated rings. The molecule has 0 saturated carbocycles. The normalized spacial score (nSPS) is 11.1. The first kappa shape index (κ1) is 22.3. The summed E-state index contributed by atoms with van der Waals surface area (Å²) in [7, 11) is 0. The van der Waals surface area contributed by atoms with Crippen molar-refractivity contribution in [3.05, 3.63) is 112 Å². The Morgan fingerprint density at radius 1 is 0.909 bits per heavy atom. The summed E-state index contributed by atoms with van der Waals surface area (Å²) in [5, 5.41) is 9.48. The molecule has 5 heteroatoms. The molecular weight excluding hydrogens is 412 g/mol. The molecule has 168 valence electrons. The summed E-state index contributed by atoms with van der Waals surface area (Å²) in [5.41, 5.74) is 4.60. The highest BCUT2D eigenvalue weighted by Crippen LogP contribution is 2.24. The third-order valence-electron chi connectivity index (χ3n) is 5.84. The predicted octanol–water partition coefficient (Wildman–Crippen LogP) is 5.64. The molecule has 0 unspecified atom stereocenters. The number of rotatable bonds is 8. The first-order valence-corrected chi connectivity index (χ1v) is 11.2. The highest BCUT2D eigenvalue weighted by atomic mass is 16.4. The van der Waals surface area contributed by atoms with Crippen LogP contribution in [-0.2, 0) is 13.0 Å². The number of aryl methyl sites for hydroxylation is 1. The van der Waals surface area contributed by atoms with Gasteiger partial charge in [0, 0.05) is 11.9 Å². The fraction of sp³-hybridized carbons (Fsp3) is 0.214. The molecule has 0 spiro atoms. The molecule has 0 amide bonds. The molecule has 0 radical (unpaired) electrons. The fourth-order valence-electron chi connectivity index (χ4n) is 4.00. The van der Waals surface area contributed by atoms with Crippen molar-refractivity contribution in [2.75, 3.05) is 0 Å². The Kier molecular flexibility index (Phi) is 6.59. The minimum Gasteiger partial charge on any atom is -0.478 e.